The van der Waals surface area contributed by atoms with Crippen molar-refractivity contribution < 1.29 is 4.79 Å². The van der Waals surface area contributed by atoms with Crippen LogP contribution >= 0.6 is 0 Å². The van der Waals surface area contributed by atoms with Crippen molar-refractivity contribution in [3.63, 3.8) is 0 Å². The van der Waals surface area contributed by atoms with Gasteiger partial charge in [0.2, 0.25) is 5.91 Å². The van der Waals surface area contributed by atoms with Crippen LogP contribution in [-0.4, -0.2) is 23.4 Å². The molecule has 1 amide bonds. The molecule has 0 aromatic carbocycles. The van der Waals surface area contributed by atoms with Gasteiger partial charge in [0.1, 0.15) is 0 Å². The minimum atomic E-state index is 0.0322. The maximum absolute atomic E-state index is 11.8. The van der Waals surface area contributed by atoms with Crippen molar-refractivity contribution in [1.82, 2.24) is 4.90 Å². The Hall–Kier alpha value is -1.23. The molecule has 0 saturated heterocycles. The summed E-state index contributed by atoms with van der Waals surface area (Å²) >= 11 is 0. The van der Waals surface area contributed by atoms with Gasteiger partial charge in [-0.15, -0.1) is 5.92 Å². The molecule has 0 N–H and O–H groups in total. The quantitative estimate of drug-likeness (QED) is 0.399. The molecule has 0 aliphatic heterocycles. The molecule has 0 heterocycles. The van der Waals surface area contributed by atoms with E-state index in [1.807, 2.05) is 4.90 Å². The lowest BCUT2D eigenvalue weighted by Gasteiger charge is -2.25. The molecule has 0 aromatic heterocycles. The van der Waals surface area contributed by atoms with Crippen LogP contribution in [0, 0.1) is 11.8 Å². The van der Waals surface area contributed by atoms with Crippen molar-refractivity contribution in [2.75, 3.05) is 6.54 Å². The fourth-order valence-electron chi connectivity index (χ4n) is 2.41. The zero-order chi connectivity index (χ0) is 13.2. The van der Waals surface area contributed by atoms with E-state index >= 15 is 0 Å². The van der Waals surface area contributed by atoms with E-state index in [9.17, 15) is 4.79 Å². The average Bonchev–Trinajstić information content (AvgIpc) is 2.91. The summed E-state index contributed by atoms with van der Waals surface area (Å²) in [4.78, 5) is 13.7. The van der Waals surface area contributed by atoms with E-state index < -0.39 is 0 Å². The first-order valence-corrected chi connectivity index (χ1v) is 7.18. The number of nitrogens with zero attached hydrogens (tertiary/aromatic N) is 1. The predicted molar refractivity (Wildman–Crippen MR) is 76.1 cm³/mol. The van der Waals surface area contributed by atoms with E-state index in [0.717, 1.165) is 19.3 Å². The van der Waals surface area contributed by atoms with Gasteiger partial charge in [0.25, 0.3) is 0 Å². The molecule has 1 aliphatic rings. The summed E-state index contributed by atoms with van der Waals surface area (Å²) in [5.41, 5.74) is 0. The molecular weight excluding hydrogens is 222 g/mol. The number of hydrogen-bond donors (Lipinski definition) is 0. The van der Waals surface area contributed by atoms with Crippen LogP contribution in [0.1, 0.15) is 58.3 Å². The summed E-state index contributed by atoms with van der Waals surface area (Å²) in [5, 5.41) is 0. The van der Waals surface area contributed by atoms with Gasteiger partial charge >= 0.3 is 0 Å². The second kappa shape index (κ2) is 8.80. The highest BCUT2D eigenvalue weighted by molar-refractivity contribution is 5.87. The number of unbranched alkanes of at least 4 members (excludes halogenated alkanes) is 3. The fourth-order valence-corrected chi connectivity index (χ4v) is 2.41. The highest BCUT2D eigenvalue weighted by Gasteiger charge is 2.24. The predicted octanol–water partition coefficient (Wildman–Crippen LogP) is 3.53. The van der Waals surface area contributed by atoms with Gasteiger partial charge in [-0.3, -0.25) is 4.79 Å². The first kappa shape index (κ1) is 14.8. The van der Waals surface area contributed by atoms with Gasteiger partial charge in [-0.2, -0.15) is 0 Å². The van der Waals surface area contributed by atoms with Crippen LogP contribution < -0.4 is 0 Å². The number of amides is 1. The molecule has 2 nitrogen and oxygen atoms in total. The van der Waals surface area contributed by atoms with Crippen molar-refractivity contribution in [3.05, 3.63) is 12.7 Å². The number of hydrogen-bond acceptors (Lipinski definition) is 1. The van der Waals surface area contributed by atoms with Crippen LogP contribution in [-0.2, 0) is 4.79 Å². The van der Waals surface area contributed by atoms with Gasteiger partial charge in [0, 0.05) is 12.5 Å². The van der Waals surface area contributed by atoms with E-state index in [-0.39, 0.29) is 5.91 Å². The molecule has 18 heavy (non-hydrogen) atoms. The SMILES string of the molecule is C=CC(=O)N(CC#CCCCCC)C1CCCC1. The summed E-state index contributed by atoms with van der Waals surface area (Å²) in [6.45, 7) is 6.35. The van der Waals surface area contributed by atoms with Crippen LogP contribution in [0.2, 0.25) is 0 Å². The van der Waals surface area contributed by atoms with Crippen LogP contribution in [0.25, 0.3) is 0 Å². The maximum Gasteiger partial charge on any atom is 0.246 e. The Kier molecular flexibility index (Phi) is 7.25. The molecule has 2 heteroatoms. The van der Waals surface area contributed by atoms with Crippen LogP contribution in [0.15, 0.2) is 12.7 Å². The molecule has 0 unspecified atom stereocenters. The lowest BCUT2D eigenvalue weighted by atomic mass is 10.2. The molecule has 100 valence electrons. The van der Waals surface area contributed by atoms with Gasteiger partial charge in [-0.05, 0) is 25.3 Å². The minimum absolute atomic E-state index is 0.0322. The normalized spacial score (nSPS) is 14.9. The molecule has 1 fully saturated rings. The average molecular weight is 247 g/mol. The Morgan fingerprint density at radius 1 is 1.33 bits per heavy atom. The molecule has 0 aromatic rings. The lowest BCUT2D eigenvalue weighted by molar-refractivity contribution is -0.127. The van der Waals surface area contributed by atoms with E-state index in [2.05, 4.69) is 25.3 Å². The monoisotopic (exact) mass is 247 g/mol. The zero-order valence-electron chi connectivity index (χ0n) is 11.6. The van der Waals surface area contributed by atoms with Gasteiger partial charge < -0.3 is 4.90 Å². The first-order valence-electron chi connectivity index (χ1n) is 7.18. The fraction of sp³-hybridized carbons (Fsp3) is 0.688. The molecule has 0 bridgehead atoms. The van der Waals surface area contributed by atoms with Gasteiger partial charge in [-0.25, -0.2) is 0 Å². The Balaban J connectivity index is 2.40. The molecule has 0 radical (unpaired) electrons. The molecule has 0 atom stereocenters. The number of carbonyl (C=O) groups excluding carboxylic acids is 1. The van der Waals surface area contributed by atoms with E-state index in [0.29, 0.717) is 12.6 Å². The molecule has 1 saturated carbocycles. The molecule has 1 aliphatic carbocycles. The van der Waals surface area contributed by atoms with E-state index in [1.54, 1.807) is 0 Å². The summed E-state index contributed by atoms with van der Waals surface area (Å²) < 4.78 is 0. The molecular formula is C16H25NO. The topological polar surface area (TPSA) is 20.3 Å². The summed E-state index contributed by atoms with van der Waals surface area (Å²) in [6.07, 6.45) is 10.7. The highest BCUT2D eigenvalue weighted by atomic mass is 16.2. The highest BCUT2D eigenvalue weighted by Crippen LogP contribution is 2.23. The zero-order valence-corrected chi connectivity index (χ0v) is 11.6. The second-order valence-corrected chi connectivity index (χ2v) is 4.92. The minimum Gasteiger partial charge on any atom is -0.325 e. The van der Waals surface area contributed by atoms with Crippen molar-refractivity contribution in [1.29, 1.82) is 0 Å². The van der Waals surface area contributed by atoms with Crippen molar-refractivity contribution >= 4 is 5.91 Å². The second-order valence-electron chi connectivity index (χ2n) is 4.92. The third-order valence-corrected chi connectivity index (χ3v) is 3.50. The van der Waals surface area contributed by atoms with Crippen molar-refractivity contribution in [2.24, 2.45) is 0 Å². The third kappa shape index (κ3) is 4.96. The Morgan fingerprint density at radius 3 is 2.67 bits per heavy atom. The van der Waals surface area contributed by atoms with E-state index in [4.69, 9.17) is 0 Å². The smallest absolute Gasteiger partial charge is 0.246 e. The third-order valence-electron chi connectivity index (χ3n) is 3.50. The number of carbonyl (C=O) groups is 1. The number of rotatable bonds is 6. The Labute approximate surface area is 111 Å². The van der Waals surface area contributed by atoms with Crippen LogP contribution in [0.3, 0.4) is 0 Å². The van der Waals surface area contributed by atoms with Crippen LogP contribution in [0.5, 0.6) is 0 Å². The van der Waals surface area contributed by atoms with Crippen molar-refractivity contribution in [3.8, 4) is 11.8 Å². The molecule has 1 rings (SSSR count). The first-order chi connectivity index (χ1) is 8.79. The summed E-state index contributed by atoms with van der Waals surface area (Å²) in [7, 11) is 0. The summed E-state index contributed by atoms with van der Waals surface area (Å²) in [5.74, 6) is 6.35. The Morgan fingerprint density at radius 2 is 2.06 bits per heavy atom. The van der Waals surface area contributed by atoms with Gasteiger partial charge in [0.05, 0.1) is 6.54 Å². The van der Waals surface area contributed by atoms with E-state index in [1.165, 1.54) is 38.2 Å². The summed E-state index contributed by atoms with van der Waals surface area (Å²) in [6, 6.07) is 0.389. The Bertz CT molecular complexity index is 318. The van der Waals surface area contributed by atoms with Crippen molar-refractivity contribution in [2.45, 2.75) is 64.3 Å². The largest absolute Gasteiger partial charge is 0.325 e. The maximum atomic E-state index is 11.8. The van der Waals surface area contributed by atoms with Gasteiger partial charge in [0.15, 0.2) is 0 Å². The van der Waals surface area contributed by atoms with Crippen LogP contribution in [0.4, 0.5) is 0 Å². The van der Waals surface area contributed by atoms with Gasteiger partial charge in [-0.1, -0.05) is 45.1 Å². The standard InChI is InChI=1S/C16H25NO/c1-3-5-6-7-8-11-14-17(16(18)4-2)15-12-9-10-13-15/h4,15H,2-3,5-7,9-10,12-14H2,1H3. The lowest BCUT2D eigenvalue weighted by Crippen LogP contribution is -2.37. The molecule has 0 spiro atoms.